The minimum absolute atomic E-state index is 0.0128. The Bertz CT molecular complexity index is 1580. The van der Waals surface area contributed by atoms with E-state index in [0.717, 1.165) is 81.3 Å². The second-order valence-electron chi connectivity index (χ2n) is 20.0. The number of aliphatic hydroxyl groups excluding tert-OH is 3. The van der Waals surface area contributed by atoms with E-state index in [4.69, 9.17) is 0 Å². The van der Waals surface area contributed by atoms with Crippen molar-refractivity contribution in [3.8, 4) is 0 Å². The Morgan fingerprint density at radius 1 is 0.833 bits per heavy atom. The van der Waals surface area contributed by atoms with E-state index in [1.165, 1.54) is 31.3 Å². The maximum Gasteiger partial charge on any atom is 0.159 e. The van der Waals surface area contributed by atoms with Crippen LogP contribution in [0, 0.1) is 51.8 Å². The lowest BCUT2D eigenvalue weighted by Gasteiger charge is -2.64. The number of aromatic nitrogens is 2. The van der Waals surface area contributed by atoms with E-state index >= 15 is 0 Å². The first-order valence-corrected chi connectivity index (χ1v) is 24.3. The molecule has 8 rings (SSSR count). The fourth-order valence-corrected chi connectivity index (χ4v) is 17.0. The lowest BCUT2D eigenvalue weighted by Crippen LogP contribution is -2.65. The second kappa shape index (κ2) is 15.3. The van der Waals surface area contributed by atoms with Crippen molar-refractivity contribution in [3.63, 3.8) is 0 Å². The maximum absolute atomic E-state index is 14.6. The van der Waals surface area contributed by atoms with Crippen LogP contribution in [0.15, 0.2) is 41.5 Å². The summed E-state index contributed by atoms with van der Waals surface area (Å²) in [6.45, 7) is 9.37. The molecule has 6 fully saturated rings. The molecule has 1 aromatic rings. The third-order valence-electron chi connectivity index (χ3n) is 17.0. The van der Waals surface area contributed by atoms with Crippen LogP contribution in [0.4, 0.5) is 0 Å². The first-order chi connectivity index (χ1) is 25.8. The Kier molecular flexibility index (Phi) is 11.2. The number of rotatable bonds is 2. The molecule has 5 saturated carbocycles. The van der Waals surface area contributed by atoms with E-state index in [0.29, 0.717) is 25.2 Å². The van der Waals surface area contributed by atoms with Gasteiger partial charge in [0, 0.05) is 47.2 Å². The van der Waals surface area contributed by atoms with E-state index < -0.39 is 34.7 Å². The molecule has 0 spiro atoms. The fourth-order valence-electron chi connectivity index (χ4n) is 14.2. The number of nitrogens with zero attached hydrogens (tertiary/aromatic N) is 2. The van der Waals surface area contributed by atoms with Crippen molar-refractivity contribution in [1.82, 2.24) is 9.55 Å². The Balaban J connectivity index is 1.20. The number of fused-ring (bicyclic) bond motifs is 9. The van der Waals surface area contributed by atoms with Crippen molar-refractivity contribution in [1.29, 1.82) is 0 Å². The molecule has 54 heavy (non-hydrogen) atoms. The quantitative estimate of drug-likeness (QED) is 0.174. The number of carbonyl (C=O) groups is 1. The Morgan fingerprint density at radius 3 is 2.28 bits per heavy atom. The summed E-state index contributed by atoms with van der Waals surface area (Å²) in [5.41, 5.74) is 1.77. The summed E-state index contributed by atoms with van der Waals surface area (Å²) < 4.78 is 2.28. The number of allylic oxidation sites excluding steroid dienone is 2. The van der Waals surface area contributed by atoms with Crippen LogP contribution in [0.1, 0.15) is 143 Å². The molecule has 1 aliphatic heterocycles. The molecule has 7 aliphatic rings. The summed E-state index contributed by atoms with van der Waals surface area (Å²) in [6, 6.07) is 0.250. The van der Waals surface area contributed by atoms with Crippen molar-refractivity contribution >= 4 is 27.4 Å². The molecule has 12 atom stereocenters. The van der Waals surface area contributed by atoms with E-state index in [-0.39, 0.29) is 46.8 Å². The average molecular weight is 781 g/mol. The molecule has 7 nitrogen and oxygen atoms in total. The average Bonchev–Trinajstić information content (AvgIpc) is 3.78. The van der Waals surface area contributed by atoms with Crippen LogP contribution >= 0.6 is 21.6 Å². The van der Waals surface area contributed by atoms with Gasteiger partial charge in [-0.1, -0.05) is 86.1 Å². The van der Waals surface area contributed by atoms with Crippen LogP contribution in [-0.2, 0) is 4.79 Å². The molecule has 1 saturated heterocycles. The van der Waals surface area contributed by atoms with Gasteiger partial charge in [0.1, 0.15) is 0 Å². The largest absolute Gasteiger partial charge is 0.393 e. The summed E-state index contributed by atoms with van der Waals surface area (Å²) in [7, 11) is 3.79. The smallest absolute Gasteiger partial charge is 0.159 e. The lowest BCUT2D eigenvalue weighted by atomic mass is 9.41. The molecule has 2 heterocycles. The number of imidazole rings is 1. The highest BCUT2D eigenvalue weighted by molar-refractivity contribution is 8.76. The number of hydrogen-bond donors (Lipinski definition) is 4. The molecule has 12 unspecified atom stereocenters. The molecule has 300 valence electrons. The molecular formula is C45H68N2O5S2. The van der Waals surface area contributed by atoms with Crippen LogP contribution in [0.25, 0.3) is 0 Å². The van der Waals surface area contributed by atoms with Gasteiger partial charge in [0.2, 0.25) is 0 Å². The molecule has 0 aromatic carbocycles. The van der Waals surface area contributed by atoms with Crippen molar-refractivity contribution in [2.24, 2.45) is 51.8 Å². The Hall–Kier alpha value is -1.10. The van der Waals surface area contributed by atoms with Gasteiger partial charge in [-0.15, -0.1) is 0 Å². The minimum atomic E-state index is -1.18. The first kappa shape index (κ1) is 39.7. The highest BCUT2D eigenvalue weighted by Gasteiger charge is 2.71. The van der Waals surface area contributed by atoms with E-state index in [9.17, 15) is 25.2 Å². The monoisotopic (exact) mass is 780 g/mol. The Morgan fingerprint density at radius 2 is 1.56 bits per heavy atom. The number of ketones is 1. The molecule has 2 bridgehead atoms. The van der Waals surface area contributed by atoms with Crippen molar-refractivity contribution in [2.75, 3.05) is 11.5 Å². The minimum Gasteiger partial charge on any atom is -0.393 e. The van der Waals surface area contributed by atoms with Gasteiger partial charge in [0.15, 0.2) is 5.78 Å². The van der Waals surface area contributed by atoms with Gasteiger partial charge in [0.25, 0.3) is 0 Å². The SMILES string of the molecule is CC1C(O)CC(=C2CCCCC2)C(C)(C)CC(n2ccnc2)CSSCC2CC1C1(C)CCC3C(=CC(=O)C4CC(O)C(O)CC43C3CCCCC3)C21O. The summed E-state index contributed by atoms with van der Waals surface area (Å²) in [4.78, 5) is 19.0. The predicted octanol–water partition coefficient (Wildman–Crippen LogP) is 8.87. The van der Waals surface area contributed by atoms with Crippen molar-refractivity contribution < 1.29 is 25.2 Å². The third kappa shape index (κ3) is 6.48. The number of carbonyl (C=O) groups excluding carboxylic acids is 1. The second-order valence-corrected chi connectivity index (χ2v) is 22.5. The molecule has 6 aliphatic carbocycles. The summed E-state index contributed by atoms with van der Waals surface area (Å²) in [5, 5.41) is 48.7. The van der Waals surface area contributed by atoms with E-state index in [1.807, 2.05) is 40.2 Å². The zero-order valence-corrected chi connectivity index (χ0v) is 35.1. The molecule has 0 radical (unpaired) electrons. The van der Waals surface area contributed by atoms with Gasteiger partial charge in [-0.3, -0.25) is 4.79 Å². The van der Waals surface area contributed by atoms with Gasteiger partial charge in [-0.2, -0.15) is 0 Å². The van der Waals surface area contributed by atoms with E-state index in [2.05, 4.69) is 43.4 Å². The van der Waals surface area contributed by atoms with Gasteiger partial charge >= 0.3 is 0 Å². The lowest BCUT2D eigenvalue weighted by molar-refractivity contribution is -0.177. The Labute approximate surface area is 332 Å². The summed E-state index contributed by atoms with van der Waals surface area (Å²) in [6.07, 6.45) is 22.1. The summed E-state index contributed by atoms with van der Waals surface area (Å²) >= 11 is 0. The predicted molar refractivity (Wildman–Crippen MR) is 219 cm³/mol. The maximum atomic E-state index is 14.6. The van der Waals surface area contributed by atoms with E-state index in [1.54, 1.807) is 5.57 Å². The molecule has 1 aromatic heterocycles. The third-order valence-corrected chi connectivity index (χ3v) is 19.6. The first-order valence-electron chi connectivity index (χ1n) is 21.8. The van der Waals surface area contributed by atoms with Gasteiger partial charge in [0.05, 0.1) is 30.2 Å². The zero-order valence-electron chi connectivity index (χ0n) is 33.4. The van der Waals surface area contributed by atoms with Crippen LogP contribution in [0.2, 0.25) is 0 Å². The normalized spacial score (nSPS) is 45.1. The highest BCUT2D eigenvalue weighted by atomic mass is 33.1. The van der Waals surface area contributed by atoms with Gasteiger partial charge < -0.3 is 25.0 Å². The fraction of sp³-hybridized carbons (Fsp3) is 0.822. The van der Waals surface area contributed by atoms with Gasteiger partial charge in [-0.25, -0.2) is 4.98 Å². The van der Waals surface area contributed by atoms with Crippen LogP contribution in [0.3, 0.4) is 0 Å². The molecule has 9 heteroatoms. The van der Waals surface area contributed by atoms with Crippen LogP contribution in [0.5, 0.6) is 0 Å². The highest BCUT2D eigenvalue weighted by Crippen LogP contribution is 2.72. The molecule has 4 N–H and O–H groups in total. The van der Waals surface area contributed by atoms with Crippen molar-refractivity contribution in [2.45, 2.75) is 167 Å². The zero-order chi connectivity index (χ0) is 38.0. The number of hydrogen-bond acceptors (Lipinski definition) is 8. The van der Waals surface area contributed by atoms with Crippen molar-refractivity contribution in [3.05, 3.63) is 41.5 Å². The van der Waals surface area contributed by atoms with Crippen LogP contribution in [-0.4, -0.2) is 71.2 Å². The topological polar surface area (TPSA) is 116 Å². The molecular weight excluding hydrogens is 713 g/mol. The number of aliphatic hydroxyl groups is 4. The summed E-state index contributed by atoms with van der Waals surface area (Å²) in [5.74, 6) is 1.82. The standard InChI is InChI=1S/C45H68N2O5S2/c1-28-34-19-31(25-53-54-26-32(47-18-17-46-27-47)23-42(2,3)35(20-38(28)48)29-11-7-5-8-12-29)45(52)36-21-39(49)37-22-40(50)41(51)24-44(37,30-13-9-6-10-14-30)33(36)15-16-43(34,45)4/h17-18,21,27-28,30-34,37-38,40-41,48,50-52H,5-16,19-20,22-26H2,1-4H3. The van der Waals surface area contributed by atoms with Gasteiger partial charge in [-0.05, 0) is 130 Å². The van der Waals surface area contributed by atoms with Crippen LogP contribution < -0.4 is 0 Å². The molecule has 0 amide bonds.